The Labute approximate surface area is 114 Å². The first-order valence-corrected chi connectivity index (χ1v) is 6.95. The van der Waals surface area contributed by atoms with E-state index in [0.717, 1.165) is 24.6 Å². The lowest BCUT2D eigenvalue weighted by Gasteiger charge is -2.27. The maximum Gasteiger partial charge on any atom is 0.225 e. The number of aromatic nitrogens is 1. The average molecular weight is 262 g/mol. The van der Waals surface area contributed by atoms with Crippen molar-refractivity contribution in [3.8, 4) is 0 Å². The molecule has 5 heteroatoms. The zero-order valence-corrected chi connectivity index (χ0v) is 11.5. The number of piperidine rings is 1. The van der Waals surface area contributed by atoms with Crippen LogP contribution in [0.4, 0.5) is 11.5 Å². The Kier molecular flexibility index (Phi) is 5.15. The van der Waals surface area contributed by atoms with Crippen molar-refractivity contribution >= 4 is 17.4 Å². The first-order chi connectivity index (χ1) is 9.29. The van der Waals surface area contributed by atoms with Gasteiger partial charge in [-0.05, 0) is 38.4 Å². The zero-order chi connectivity index (χ0) is 13.5. The standard InChI is InChI=1S/C14H22N4O/c1-15-8-7-14(19)17-12-5-6-13(16-11-12)18-9-3-2-4-10-18/h5-6,11,15H,2-4,7-10H2,1H3,(H,17,19). The van der Waals surface area contributed by atoms with Crippen molar-refractivity contribution < 1.29 is 4.79 Å². The summed E-state index contributed by atoms with van der Waals surface area (Å²) in [6, 6.07) is 3.91. The molecule has 1 saturated heterocycles. The van der Waals surface area contributed by atoms with Gasteiger partial charge in [0, 0.05) is 26.1 Å². The molecule has 0 spiro atoms. The van der Waals surface area contributed by atoms with Crippen LogP contribution in [-0.4, -0.2) is 37.6 Å². The van der Waals surface area contributed by atoms with Crippen LogP contribution in [0, 0.1) is 0 Å². The van der Waals surface area contributed by atoms with Gasteiger partial charge in [0.05, 0.1) is 11.9 Å². The van der Waals surface area contributed by atoms with Gasteiger partial charge in [0.1, 0.15) is 5.82 Å². The van der Waals surface area contributed by atoms with Crippen LogP contribution in [0.2, 0.25) is 0 Å². The summed E-state index contributed by atoms with van der Waals surface area (Å²) < 4.78 is 0. The van der Waals surface area contributed by atoms with E-state index in [1.165, 1.54) is 19.3 Å². The number of hydrogen-bond acceptors (Lipinski definition) is 4. The van der Waals surface area contributed by atoms with Crippen LogP contribution in [0.1, 0.15) is 25.7 Å². The van der Waals surface area contributed by atoms with Crippen LogP contribution in [-0.2, 0) is 4.79 Å². The number of hydrogen-bond donors (Lipinski definition) is 2. The highest BCUT2D eigenvalue weighted by atomic mass is 16.1. The van der Waals surface area contributed by atoms with E-state index in [1.54, 1.807) is 6.20 Å². The minimum absolute atomic E-state index is 0.0156. The fraction of sp³-hybridized carbons (Fsp3) is 0.571. The molecule has 0 aromatic carbocycles. The van der Waals surface area contributed by atoms with Crippen LogP contribution in [0.25, 0.3) is 0 Å². The van der Waals surface area contributed by atoms with Crippen molar-refractivity contribution in [2.24, 2.45) is 0 Å². The van der Waals surface area contributed by atoms with Crippen molar-refractivity contribution in [3.63, 3.8) is 0 Å². The van der Waals surface area contributed by atoms with Crippen molar-refractivity contribution in [1.29, 1.82) is 0 Å². The smallest absolute Gasteiger partial charge is 0.225 e. The molecule has 1 amide bonds. The van der Waals surface area contributed by atoms with Gasteiger partial charge in [0.15, 0.2) is 0 Å². The fourth-order valence-corrected chi connectivity index (χ4v) is 2.23. The number of carbonyl (C=O) groups excluding carboxylic acids is 1. The van der Waals surface area contributed by atoms with Gasteiger partial charge in [-0.25, -0.2) is 4.98 Å². The minimum atomic E-state index is 0.0156. The molecule has 0 radical (unpaired) electrons. The largest absolute Gasteiger partial charge is 0.357 e. The van der Waals surface area contributed by atoms with E-state index in [4.69, 9.17) is 0 Å². The molecule has 1 fully saturated rings. The Morgan fingerprint density at radius 3 is 2.74 bits per heavy atom. The highest BCUT2D eigenvalue weighted by Crippen LogP contribution is 2.18. The van der Waals surface area contributed by atoms with E-state index in [-0.39, 0.29) is 5.91 Å². The maximum absolute atomic E-state index is 11.6. The zero-order valence-electron chi connectivity index (χ0n) is 11.5. The van der Waals surface area contributed by atoms with Crippen LogP contribution in [0.5, 0.6) is 0 Å². The van der Waals surface area contributed by atoms with Gasteiger partial charge in [-0.1, -0.05) is 0 Å². The second-order valence-electron chi connectivity index (χ2n) is 4.85. The number of nitrogens with one attached hydrogen (secondary N) is 2. The van der Waals surface area contributed by atoms with Gasteiger partial charge in [0.25, 0.3) is 0 Å². The van der Waals surface area contributed by atoms with E-state index < -0.39 is 0 Å². The number of nitrogens with zero attached hydrogens (tertiary/aromatic N) is 2. The molecule has 0 bridgehead atoms. The molecule has 5 nitrogen and oxygen atoms in total. The van der Waals surface area contributed by atoms with E-state index in [0.29, 0.717) is 13.0 Å². The molecule has 1 aromatic rings. The van der Waals surface area contributed by atoms with Crippen LogP contribution in [0.15, 0.2) is 18.3 Å². The Morgan fingerprint density at radius 1 is 1.32 bits per heavy atom. The van der Waals surface area contributed by atoms with Crippen molar-refractivity contribution in [2.45, 2.75) is 25.7 Å². The van der Waals surface area contributed by atoms with Gasteiger partial charge in [0.2, 0.25) is 5.91 Å². The quantitative estimate of drug-likeness (QED) is 0.846. The third-order valence-corrected chi connectivity index (χ3v) is 3.31. The summed E-state index contributed by atoms with van der Waals surface area (Å²) in [6.07, 6.45) is 6.01. The van der Waals surface area contributed by atoms with E-state index in [1.807, 2.05) is 19.2 Å². The van der Waals surface area contributed by atoms with Gasteiger partial charge in [-0.3, -0.25) is 4.79 Å². The highest BCUT2D eigenvalue weighted by molar-refractivity contribution is 5.90. The summed E-state index contributed by atoms with van der Waals surface area (Å²) in [6.45, 7) is 2.85. The molecular weight excluding hydrogens is 240 g/mol. The topological polar surface area (TPSA) is 57.3 Å². The number of amides is 1. The molecular formula is C14H22N4O. The normalized spacial score (nSPS) is 15.3. The number of carbonyl (C=O) groups is 1. The maximum atomic E-state index is 11.6. The van der Waals surface area contributed by atoms with Gasteiger partial charge >= 0.3 is 0 Å². The molecule has 1 aliphatic heterocycles. The van der Waals surface area contributed by atoms with E-state index in [9.17, 15) is 4.79 Å². The van der Waals surface area contributed by atoms with Crippen LogP contribution >= 0.6 is 0 Å². The second kappa shape index (κ2) is 7.09. The van der Waals surface area contributed by atoms with Crippen molar-refractivity contribution in [1.82, 2.24) is 10.3 Å². The lowest BCUT2D eigenvalue weighted by atomic mass is 10.1. The lowest BCUT2D eigenvalue weighted by molar-refractivity contribution is -0.116. The molecule has 19 heavy (non-hydrogen) atoms. The third-order valence-electron chi connectivity index (χ3n) is 3.31. The van der Waals surface area contributed by atoms with Gasteiger partial charge < -0.3 is 15.5 Å². The Morgan fingerprint density at radius 2 is 2.11 bits per heavy atom. The summed E-state index contributed by atoms with van der Waals surface area (Å²) in [4.78, 5) is 18.3. The average Bonchev–Trinajstić information content (AvgIpc) is 2.47. The molecule has 0 unspecified atom stereocenters. The summed E-state index contributed by atoms with van der Waals surface area (Å²) in [7, 11) is 1.84. The summed E-state index contributed by atoms with van der Waals surface area (Å²) in [5.74, 6) is 1.02. The number of anilines is 2. The molecule has 1 aliphatic rings. The molecule has 2 N–H and O–H groups in total. The first-order valence-electron chi connectivity index (χ1n) is 6.95. The van der Waals surface area contributed by atoms with Crippen LogP contribution in [0.3, 0.4) is 0 Å². The summed E-state index contributed by atoms with van der Waals surface area (Å²) >= 11 is 0. The van der Waals surface area contributed by atoms with Gasteiger partial charge in [-0.2, -0.15) is 0 Å². The van der Waals surface area contributed by atoms with E-state index in [2.05, 4.69) is 20.5 Å². The molecule has 0 atom stereocenters. The second-order valence-corrected chi connectivity index (χ2v) is 4.85. The first kappa shape index (κ1) is 13.8. The molecule has 1 aromatic heterocycles. The Bertz CT molecular complexity index is 398. The van der Waals surface area contributed by atoms with E-state index >= 15 is 0 Å². The van der Waals surface area contributed by atoms with Crippen molar-refractivity contribution in [3.05, 3.63) is 18.3 Å². The minimum Gasteiger partial charge on any atom is -0.357 e. The summed E-state index contributed by atoms with van der Waals surface area (Å²) in [5.41, 5.74) is 0.766. The summed E-state index contributed by atoms with van der Waals surface area (Å²) in [5, 5.41) is 5.80. The predicted molar refractivity (Wildman–Crippen MR) is 77.5 cm³/mol. The molecule has 104 valence electrons. The SMILES string of the molecule is CNCCC(=O)Nc1ccc(N2CCCCC2)nc1. The monoisotopic (exact) mass is 262 g/mol. The molecule has 0 aliphatic carbocycles. The van der Waals surface area contributed by atoms with Gasteiger partial charge in [-0.15, -0.1) is 0 Å². The lowest BCUT2D eigenvalue weighted by Crippen LogP contribution is -2.30. The third kappa shape index (κ3) is 4.21. The highest BCUT2D eigenvalue weighted by Gasteiger charge is 2.11. The Hall–Kier alpha value is -1.62. The predicted octanol–water partition coefficient (Wildman–Crippen LogP) is 1.62. The molecule has 2 heterocycles. The molecule has 2 rings (SSSR count). The fourth-order valence-electron chi connectivity index (χ4n) is 2.23. The Balaban J connectivity index is 1.88. The molecule has 0 saturated carbocycles. The van der Waals surface area contributed by atoms with Crippen LogP contribution < -0.4 is 15.5 Å². The number of rotatable bonds is 5. The van der Waals surface area contributed by atoms with Crippen molar-refractivity contribution in [2.75, 3.05) is 36.9 Å². The number of pyridine rings is 1.